The summed E-state index contributed by atoms with van der Waals surface area (Å²) in [5, 5.41) is 4.42. The highest BCUT2D eigenvalue weighted by Gasteiger charge is 2.15. The predicted octanol–water partition coefficient (Wildman–Crippen LogP) is 3.53. The third-order valence-electron chi connectivity index (χ3n) is 3.16. The van der Waals surface area contributed by atoms with Crippen LogP contribution in [-0.2, 0) is 6.42 Å². The fourth-order valence-electron chi connectivity index (χ4n) is 2.16. The van der Waals surface area contributed by atoms with Crippen LogP contribution in [0.25, 0.3) is 11.0 Å². The second-order valence-corrected chi connectivity index (χ2v) is 4.36. The average Bonchev–Trinajstić information content (AvgIpc) is 3.04. The molecule has 2 aromatic heterocycles. The minimum atomic E-state index is 0.162. The van der Waals surface area contributed by atoms with Gasteiger partial charge in [0.1, 0.15) is 11.3 Å². The molecule has 1 N–H and O–H groups in total. The minimum absolute atomic E-state index is 0.162. The largest absolute Gasteiger partial charge is 0.472 e. The molecule has 1 atom stereocenters. The van der Waals surface area contributed by atoms with Gasteiger partial charge in [0.2, 0.25) is 0 Å². The summed E-state index contributed by atoms with van der Waals surface area (Å²) >= 11 is 0. The zero-order valence-electron chi connectivity index (χ0n) is 10.2. The molecule has 0 fully saturated rings. The molecular formula is C15H15NO2. The topological polar surface area (TPSA) is 38.3 Å². The van der Waals surface area contributed by atoms with E-state index in [2.05, 4.69) is 17.4 Å². The molecule has 0 radical (unpaired) electrons. The summed E-state index contributed by atoms with van der Waals surface area (Å²) in [5.41, 5.74) is 2.09. The molecule has 1 aromatic carbocycles. The lowest BCUT2D eigenvalue weighted by molar-refractivity contribution is 0.449. The van der Waals surface area contributed by atoms with Gasteiger partial charge in [-0.1, -0.05) is 18.2 Å². The van der Waals surface area contributed by atoms with Crippen LogP contribution in [0, 0.1) is 0 Å². The molecule has 0 amide bonds. The Morgan fingerprint density at radius 2 is 2.11 bits per heavy atom. The number of hydrogen-bond acceptors (Lipinski definition) is 3. The van der Waals surface area contributed by atoms with E-state index in [1.165, 1.54) is 0 Å². The van der Waals surface area contributed by atoms with Gasteiger partial charge in [-0.25, -0.2) is 0 Å². The van der Waals surface area contributed by atoms with Crippen LogP contribution >= 0.6 is 0 Å². The molecule has 3 nitrogen and oxygen atoms in total. The Hall–Kier alpha value is -2.00. The van der Waals surface area contributed by atoms with E-state index in [1.807, 2.05) is 31.3 Å². The lowest BCUT2D eigenvalue weighted by atomic mass is 10.1. The summed E-state index contributed by atoms with van der Waals surface area (Å²) in [6.07, 6.45) is 4.32. The van der Waals surface area contributed by atoms with Gasteiger partial charge in [0.25, 0.3) is 0 Å². The molecule has 1 unspecified atom stereocenters. The van der Waals surface area contributed by atoms with Gasteiger partial charge in [0.05, 0.1) is 18.6 Å². The van der Waals surface area contributed by atoms with Crippen molar-refractivity contribution in [1.82, 2.24) is 5.32 Å². The first-order valence-electron chi connectivity index (χ1n) is 6.03. The van der Waals surface area contributed by atoms with Crippen molar-refractivity contribution in [3.63, 3.8) is 0 Å². The van der Waals surface area contributed by atoms with Gasteiger partial charge in [0, 0.05) is 5.39 Å². The third kappa shape index (κ3) is 2.05. The van der Waals surface area contributed by atoms with E-state index in [0.29, 0.717) is 0 Å². The summed E-state index contributed by atoms with van der Waals surface area (Å²) in [4.78, 5) is 0. The molecule has 3 aromatic rings. The maximum absolute atomic E-state index is 5.88. The van der Waals surface area contributed by atoms with Crippen LogP contribution in [0.1, 0.15) is 17.4 Å². The summed E-state index contributed by atoms with van der Waals surface area (Å²) in [5.74, 6) is 0.958. The standard InChI is InChI=1S/C15H15NO2/c1-16-13(8-11-6-7-17-10-11)15-9-12-4-2-3-5-14(12)18-15/h2-7,9-10,13,16H,8H2,1H3. The zero-order chi connectivity index (χ0) is 12.4. The number of rotatable bonds is 4. The van der Waals surface area contributed by atoms with Crippen LogP contribution in [0.4, 0.5) is 0 Å². The molecule has 3 rings (SSSR count). The van der Waals surface area contributed by atoms with E-state index in [1.54, 1.807) is 12.5 Å². The second-order valence-electron chi connectivity index (χ2n) is 4.36. The monoisotopic (exact) mass is 241 g/mol. The van der Waals surface area contributed by atoms with Crippen LogP contribution in [0.5, 0.6) is 0 Å². The Labute approximate surface area is 105 Å². The van der Waals surface area contributed by atoms with E-state index in [9.17, 15) is 0 Å². The summed E-state index contributed by atoms with van der Waals surface area (Å²) < 4.78 is 11.0. The number of fused-ring (bicyclic) bond motifs is 1. The molecule has 0 saturated carbocycles. The van der Waals surface area contributed by atoms with Gasteiger partial charge in [0.15, 0.2) is 0 Å². The molecule has 0 aliphatic heterocycles. The highest BCUT2D eigenvalue weighted by atomic mass is 16.3. The van der Waals surface area contributed by atoms with Crippen molar-refractivity contribution in [2.45, 2.75) is 12.5 Å². The molecule has 0 saturated heterocycles. The molecule has 0 spiro atoms. The average molecular weight is 241 g/mol. The highest BCUT2D eigenvalue weighted by Crippen LogP contribution is 2.25. The van der Waals surface area contributed by atoms with E-state index in [-0.39, 0.29) is 6.04 Å². The molecule has 18 heavy (non-hydrogen) atoms. The van der Waals surface area contributed by atoms with Gasteiger partial charge < -0.3 is 14.2 Å². The predicted molar refractivity (Wildman–Crippen MR) is 70.4 cm³/mol. The molecule has 0 aliphatic rings. The fourth-order valence-corrected chi connectivity index (χ4v) is 2.16. The third-order valence-corrected chi connectivity index (χ3v) is 3.16. The van der Waals surface area contributed by atoms with Crippen molar-refractivity contribution in [3.8, 4) is 0 Å². The van der Waals surface area contributed by atoms with Crippen molar-refractivity contribution < 1.29 is 8.83 Å². The lowest BCUT2D eigenvalue weighted by Crippen LogP contribution is -2.17. The molecule has 2 heterocycles. The van der Waals surface area contributed by atoms with Gasteiger partial charge in [-0.15, -0.1) is 0 Å². The maximum atomic E-state index is 5.88. The van der Waals surface area contributed by atoms with Crippen LogP contribution in [0.15, 0.2) is 57.8 Å². The van der Waals surface area contributed by atoms with E-state index >= 15 is 0 Å². The van der Waals surface area contributed by atoms with Crippen LogP contribution in [0.2, 0.25) is 0 Å². The fraction of sp³-hybridized carbons (Fsp3) is 0.200. The van der Waals surface area contributed by atoms with Gasteiger partial charge in [-0.2, -0.15) is 0 Å². The Kier molecular flexibility index (Phi) is 2.90. The zero-order valence-corrected chi connectivity index (χ0v) is 10.2. The number of furan rings is 2. The quantitative estimate of drug-likeness (QED) is 0.759. The number of likely N-dealkylation sites (N-methyl/N-ethyl adjacent to an activating group) is 1. The number of nitrogens with one attached hydrogen (secondary N) is 1. The Bertz CT molecular complexity index is 592. The first-order valence-corrected chi connectivity index (χ1v) is 6.03. The minimum Gasteiger partial charge on any atom is -0.472 e. The molecule has 0 bridgehead atoms. The summed E-state index contributed by atoms with van der Waals surface area (Å²) in [7, 11) is 1.94. The normalized spacial score (nSPS) is 12.9. The van der Waals surface area contributed by atoms with E-state index in [0.717, 1.165) is 28.7 Å². The molecule has 0 aliphatic carbocycles. The van der Waals surface area contributed by atoms with Crippen molar-refractivity contribution in [3.05, 3.63) is 60.2 Å². The first-order chi connectivity index (χ1) is 8.86. The van der Waals surface area contributed by atoms with Gasteiger partial charge in [-0.3, -0.25) is 0 Å². The summed E-state index contributed by atoms with van der Waals surface area (Å²) in [6.45, 7) is 0. The maximum Gasteiger partial charge on any atom is 0.134 e. The van der Waals surface area contributed by atoms with Gasteiger partial charge in [-0.05, 0) is 37.2 Å². The molecular weight excluding hydrogens is 226 g/mol. The van der Waals surface area contributed by atoms with Crippen molar-refractivity contribution >= 4 is 11.0 Å². The smallest absolute Gasteiger partial charge is 0.134 e. The number of hydrogen-bond donors (Lipinski definition) is 1. The Morgan fingerprint density at radius 3 is 2.83 bits per heavy atom. The number of benzene rings is 1. The SMILES string of the molecule is CNC(Cc1ccoc1)c1cc2ccccc2o1. The Balaban J connectivity index is 1.90. The summed E-state index contributed by atoms with van der Waals surface area (Å²) in [6, 6.07) is 12.3. The van der Waals surface area contributed by atoms with Crippen molar-refractivity contribution in [2.24, 2.45) is 0 Å². The van der Waals surface area contributed by atoms with Crippen LogP contribution in [0.3, 0.4) is 0 Å². The number of para-hydroxylation sites is 1. The lowest BCUT2D eigenvalue weighted by Gasteiger charge is -2.11. The molecule has 92 valence electrons. The second kappa shape index (κ2) is 4.70. The van der Waals surface area contributed by atoms with Crippen LogP contribution in [-0.4, -0.2) is 7.05 Å². The van der Waals surface area contributed by atoms with Gasteiger partial charge >= 0.3 is 0 Å². The van der Waals surface area contributed by atoms with Crippen molar-refractivity contribution in [2.75, 3.05) is 7.05 Å². The highest BCUT2D eigenvalue weighted by molar-refractivity contribution is 5.77. The van der Waals surface area contributed by atoms with E-state index < -0.39 is 0 Å². The van der Waals surface area contributed by atoms with Crippen molar-refractivity contribution in [1.29, 1.82) is 0 Å². The molecule has 3 heteroatoms. The first kappa shape index (κ1) is 11.1. The Morgan fingerprint density at radius 1 is 1.22 bits per heavy atom. The van der Waals surface area contributed by atoms with Crippen LogP contribution < -0.4 is 5.32 Å². The van der Waals surface area contributed by atoms with E-state index in [4.69, 9.17) is 8.83 Å².